The van der Waals surface area contributed by atoms with Crippen molar-refractivity contribution < 1.29 is 50.7 Å². The molecule has 3 aromatic carbocycles. The van der Waals surface area contributed by atoms with Gasteiger partial charge in [-0.1, -0.05) is 37.8 Å². The van der Waals surface area contributed by atoms with Gasteiger partial charge in [-0.05, 0) is 35.7 Å². The van der Waals surface area contributed by atoms with Gasteiger partial charge in [0.25, 0.3) is 0 Å². The molecule has 7 N–H and O–H groups in total. The van der Waals surface area contributed by atoms with Gasteiger partial charge in [-0.2, -0.15) is 9.45 Å². The number of nitrogens with zero attached hydrogens (tertiary/aromatic N) is 2. The third-order valence-electron chi connectivity index (χ3n) is 3.14. The van der Waals surface area contributed by atoms with Crippen LogP contribution in [0.25, 0.3) is 10.8 Å². The van der Waals surface area contributed by atoms with Gasteiger partial charge in [0, 0.05) is 11.7 Å². The summed E-state index contributed by atoms with van der Waals surface area (Å²) in [6.45, 7) is 0. The number of aromatic hydroxyl groups is 1. The number of benzene rings is 3. The van der Waals surface area contributed by atoms with Crippen LogP contribution in [0.1, 0.15) is 8.85 Å². The molecule has 0 atom stereocenters. The van der Waals surface area contributed by atoms with E-state index >= 15 is 0 Å². The van der Waals surface area contributed by atoms with Gasteiger partial charge < -0.3 is 22.7 Å². The van der Waals surface area contributed by atoms with Crippen molar-refractivity contribution in [2.45, 2.75) is 12.3 Å². The summed E-state index contributed by atoms with van der Waals surface area (Å²) in [6.07, 6.45) is 0. The van der Waals surface area contributed by atoms with E-state index < -0.39 is 0 Å². The molecule has 0 heterocycles. The Hall–Kier alpha value is -1.53. The minimum atomic E-state index is 0. The summed E-state index contributed by atoms with van der Waals surface area (Å²) in [7, 11) is 0. The SMILES string of the molecule is C.N.N.[HH].[Na+].[O-]OOSc1ccc(N=Nc2c(O)ccc3ccccc23)cc1. The smallest absolute Gasteiger partial charge is 0.691 e. The van der Waals surface area contributed by atoms with Crippen molar-refractivity contribution in [2.24, 2.45) is 10.2 Å². The molecule has 8 nitrogen and oxygen atoms in total. The molecule has 0 saturated heterocycles. The average molecular weight is 402 g/mol. The number of azo groups is 1. The van der Waals surface area contributed by atoms with Crippen LogP contribution >= 0.6 is 12.0 Å². The molecule has 142 valence electrons. The van der Waals surface area contributed by atoms with Crippen LogP contribution in [-0.4, -0.2) is 5.11 Å². The molecule has 0 unspecified atom stereocenters. The molecule has 0 fully saturated rings. The van der Waals surface area contributed by atoms with Crippen LogP contribution in [0.4, 0.5) is 11.4 Å². The molecule has 27 heavy (non-hydrogen) atoms. The molecule has 0 amide bonds. The Morgan fingerprint density at radius 2 is 1.59 bits per heavy atom. The molecule has 0 aliphatic carbocycles. The van der Waals surface area contributed by atoms with Gasteiger partial charge in [0.2, 0.25) is 0 Å². The normalized spacial score (nSPS) is 9.67. The molecule has 10 heteroatoms. The third kappa shape index (κ3) is 7.18. The van der Waals surface area contributed by atoms with Gasteiger partial charge in [0.15, 0.2) is 0 Å². The average Bonchev–Trinajstić information content (AvgIpc) is 2.60. The molecular formula is C17H23N4NaO4S. The second kappa shape index (κ2) is 13.6. The van der Waals surface area contributed by atoms with Crippen LogP contribution in [-0.2, 0) is 9.37 Å². The van der Waals surface area contributed by atoms with Crippen molar-refractivity contribution in [3.8, 4) is 5.75 Å². The van der Waals surface area contributed by atoms with E-state index in [-0.39, 0.29) is 56.5 Å². The Bertz CT molecular complexity index is 856. The summed E-state index contributed by atoms with van der Waals surface area (Å²) in [5, 5.41) is 33.1. The number of rotatable bonds is 5. The third-order valence-corrected chi connectivity index (χ3v) is 3.73. The van der Waals surface area contributed by atoms with E-state index in [2.05, 4.69) is 19.6 Å². The first-order valence-corrected chi connectivity index (χ1v) is 7.38. The van der Waals surface area contributed by atoms with E-state index in [1.54, 1.807) is 30.3 Å². The molecule has 0 spiro atoms. The van der Waals surface area contributed by atoms with Crippen molar-refractivity contribution in [1.82, 2.24) is 12.3 Å². The number of hydrogen-bond donors (Lipinski definition) is 3. The Morgan fingerprint density at radius 3 is 2.26 bits per heavy atom. The Labute approximate surface area is 185 Å². The van der Waals surface area contributed by atoms with Crippen LogP contribution in [0, 0.1) is 0 Å². The molecule has 0 aromatic heterocycles. The topological polar surface area (TPSA) is 156 Å². The van der Waals surface area contributed by atoms with E-state index in [0.717, 1.165) is 22.8 Å². The number of phenolic OH excluding ortho intramolecular Hbond substituents is 1. The minimum Gasteiger partial charge on any atom is -0.691 e. The van der Waals surface area contributed by atoms with Crippen LogP contribution in [0.15, 0.2) is 75.8 Å². The van der Waals surface area contributed by atoms with Gasteiger partial charge in [-0.25, -0.2) is 0 Å². The molecule has 0 radical (unpaired) electrons. The zero-order valence-corrected chi connectivity index (χ0v) is 17.0. The van der Waals surface area contributed by atoms with E-state index in [0.29, 0.717) is 16.3 Å². The summed E-state index contributed by atoms with van der Waals surface area (Å²) in [6, 6.07) is 17.9. The Balaban J connectivity index is -0.00000125. The van der Waals surface area contributed by atoms with Crippen molar-refractivity contribution >= 4 is 34.2 Å². The van der Waals surface area contributed by atoms with Crippen molar-refractivity contribution in [2.75, 3.05) is 0 Å². The quantitative estimate of drug-likeness (QED) is 0.194. The second-order valence-electron chi connectivity index (χ2n) is 4.57. The van der Waals surface area contributed by atoms with Crippen LogP contribution < -0.4 is 47.1 Å². The van der Waals surface area contributed by atoms with Crippen LogP contribution in [0.5, 0.6) is 5.75 Å². The molecule has 0 bridgehead atoms. The maximum Gasteiger partial charge on any atom is 1.00 e. The maximum atomic E-state index is 10.0. The van der Waals surface area contributed by atoms with E-state index in [1.165, 1.54) is 0 Å². The van der Waals surface area contributed by atoms with E-state index in [4.69, 9.17) is 0 Å². The van der Waals surface area contributed by atoms with Gasteiger partial charge in [-0.15, -0.1) is 5.11 Å². The molecule has 0 saturated carbocycles. The van der Waals surface area contributed by atoms with Gasteiger partial charge in [0.05, 0.1) is 17.7 Å². The standard InChI is InChI=1S/C16H12N2O4S.CH4.2H3N.Na.H2/c19-15-10-5-11-3-1-2-4-14(11)16(15)18-17-12-6-8-13(9-7-12)23-22-21-20;;;;;/h1-10,19-20H;1H4;2*1H3;;1H/q;;;;+1;/p-1. The summed E-state index contributed by atoms with van der Waals surface area (Å²) >= 11 is 0.801. The summed E-state index contributed by atoms with van der Waals surface area (Å²) < 4.78 is 4.23. The zero-order valence-electron chi connectivity index (χ0n) is 14.2. The van der Waals surface area contributed by atoms with Crippen LogP contribution in [0.2, 0.25) is 0 Å². The number of phenols is 1. The summed E-state index contributed by atoms with van der Waals surface area (Å²) in [5.74, 6) is 0.0700. The summed E-state index contributed by atoms with van der Waals surface area (Å²) in [5.41, 5.74) is 1.02. The largest absolute Gasteiger partial charge is 1.00 e. The number of fused-ring (bicyclic) bond motifs is 1. The van der Waals surface area contributed by atoms with Gasteiger partial charge >= 0.3 is 29.6 Å². The second-order valence-corrected chi connectivity index (χ2v) is 5.34. The fraction of sp³-hybridized carbons (Fsp3) is 0.0588. The first-order valence-electron chi connectivity index (χ1n) is 6.63. The van der Waals surface area contributed by atoms with E-state index in [1.807, 2.05) is 30.3 Å². The minimum absolute atomic E-state index is 0. The fourth-order valence-corrected chi connectivity index (χ4v) is 2.43. The molecule has 3 aromatic rings. The predicted molar refractivity (Wildman–Crippen MR) is 103 cm³/mol. The van der Waals surface area contributed by atoms with Gasteiger partial charge in [-0.3, -0.25) is 5.04 Å². The summed E-state index contributed by atoms with van der Waals surface area (Å²) in [4.78, 5) is 0.688. The fourth-order valence-electron chi connectivity index (χ4n) is 2.08. The molecule has 0 aliphatic rings. The maximum absolute atomic E-state index is 10.0. The zero-order chi connectivity index (χ0) is 16.1. The molecule has 0 aliphatic heterocycles. The molecular weight excluding hydrogens is 379 g/mol. The van der Waals surface area contributed by atoms with Crippen LogP contribution in [0.3, 0.4) is 0 Å². The van der Waals surface area contributed by atoms with Crippen molar-refractivity contribution in [3.05, 3.63) is 60.7 Å². The Morgan fingerprint density at radius 1 is 0.926 bits per heavy atom. The van der Waals surface area contributed by atoms with Crippen molar-refractivity contribution in [3.63, 3.8) is 0 Å². The Kier molecular flexibility index (Phi) is 14.0. The first-order chi connectivity index (χ1) is 11.3. The number of hydrogen-bond acceptors (Lipinski definition) is 9. The van der Waals surface area contributed by atoms with Gasteiger partial charge in [0.1, 0.15) is 11.4 Å². The monoisotopic (exact) mass is 402 g/mol. The van der Waals surface area contributed by atoms with E-state index in [9.17, 15) is 10.4 Å². The molecule has 3 rings (SSSR count). The predicted octanol–water partition coefficient (Wildman–Crippen LogP) is 2.40. The first kappa shape index (κ1) is 27.7. The van der Waals surface area contributed by atoms with Crippen molar-refractivity contribution in [1.29, 1.82) is 0 Å².